The standard InChI is InChI=1S/C12H13FN4O/c1-7-3-4-8(13)5-9(7)18-11-6-10(15-2)16-12(14)17-11/h3-6H,1-2H3,(H3,14,15,16,17). The van der Waals surface area contributed by atoms with Gasteiger partial charge in [0.05, 0.1) is 0 Å². The van der Waals surface area contributed by atoms with E-state index in [-0.39, 0.29) is 17.6 Å². The van der Waals surface area contributed by atoms with Crippen LogP contribution >= 0.6 is 0 Å². The summed E-state index contributed by atoms with van der Waals surface area (Å²) in [7, 11) is 1.71. The highest BCUT2D eigenvalue weighted by atomic mass is 19.1. The fourth-order valence-electron chi connectivity index (χ4n) is 1.42. The van der Waals surface area contributed by atoms with Gasteiger partial charge in [0.15, 0.2) is 0 Å². The fourth-order valence-corrected chi connectivity index (χ4v) is 1.42. The van der Waals surface area contributed by atoms with Crippen LogP contribution in [-0.4, -0.2) is 17.0 Å². The van der Waals surface area contributed by atoms with E-state index in [4.69, 9.17) is 10.5 Å². The normalized spacial score (nSPS) is 10.2. The Morgan fingerprint density at radius 1 is 1.28 bits per heavy atom. The molecule has 1 aromatic carbocycles. The molecule has 5 nitrogen and oxygen atoms in total. The maximum Gasteiger partial charge on any atom is 0.226 e. The summed E-state index contributed by atoms with van der Waals surface area (Å²) < 4.78 is 18.6. The molecule has 0 unspecified atom stereocenters. The molecule has 0 aliphatic rings. The second kappa shape index (κ2) is 4.87. The summed E-state index contributed by atoms with van der Waals surface area (Å²) in [6.07, 6.45) is 0. The van der Waals surface area contributed by atoms with E-state index in [2.05, 4.69) is 15.3 Å². The smallest absolute Gasteiger partial charge is 0.226 e. The number of anilines is 2. The molecule has 0 spiro atoms. The van der Waals surface area contributed by atoms with E-state index in [0.717, 1.165) is 5.56 Å². The molecule has 18 heavy (non-hydrogen) atoms. The van der Waals surface area contributed by atoms with Gasteiger partial charge in [-0.05, 0) is 18.6 Å². The molecular weight excluding hydrogens is 235 g/mol. The number of nitrogens with zero attached hydrogens (tertiary/aromatic N) is 2. The summed E-state index contributed by atoms with van der Waals surface area (Å²) in [5.74, 6) is 0.916. The molecule has 0 bridgehead atoms. The first-order valence-electron chi connectivity index (χ1n) is 5.35. The number of halogens is 1. The van der Waals surface area contributed by atoms with Crippen LogP contribution in [0.4, 0.5) is 16.2 Å². The van der Waals surface area contributed by atoms with Crippen molar-refractivity contribution in [3.8, 4) is 11.6 Å². The van der Waals surface area contributed by atoms with Gasteiger partial charge in [0.25, 0.3) is 0 Å². The fraction of sp³-hybridized carbons (Fsp3) is 0.167. The Balaban J connectivity index is 2.33. The number of hydrogen-bond donors (Lipinski definition) is 2. The van der Waals surface area contributed by atoms with Crippen LogP contribution in [0, 0.1) is 12.7 Å². The number of nitrogens with one attached hydrogen (secondary N) is 1. The Bertz CT molecular complexity index is 574. The van der Waals surface area contributed by atoms with Crippen molar-refractivity contribution in [2.45, 2.75) is 6.92 Å². The molecule has 3 N–H and O–H groups in total. The van der Waals surface area contributed by atoms with Crippen LogP contribution in [0.2, 0.25) is 0 Å². The number of aromatic nitrogens is 2. The number of nitrogens with two attached hydrogens (primary N) is 1. The van der Waals surface area contributed by atoms with Crippen molar-refractivity contribution in [3.63, 3.8) is 0 Å². The Hall–Kier alpha value is -2.37. The zero-order valence-corrected chi connectivity index (χ0v) is 10.1. The number of ether oxygens (including phenoxy) is 1. The van der Waals surface area contributed by atoms with E-state index in [0.29, 0.717) is 11.6 Å². The predicted octanol–water partition coefficient (Wildman–Crippen LogP) is 2.34. The molecule has 2 aromatic rings. The van der Waals surface area contributed by atoms with Crippen molar-refractivity contribution < 1.29 is 9.13 Å². The topological polar surface area (TPSA) is 73.1 Å². The highest BCUT2D eigenvalue weighted by Crippen LogP contribution is 2.26. The molecule has 0 saturated heterocycles. The van der Waals surface area contributed by atoms with E-state index in [1.54, 1.807) is 19.2 Å². The monoisotopic (exact) mass is 248 g/mol. The molecule has 0 aliphatic heterocycles. The summed E-state index contributed by atoms with van der Waals surface area (Å²) in [5, 5.41) is 2.83. The third-order valence-electron chi connectivity index (χ3n) is 2.34. The number of hydrogen-bond acceptors (Lipinski definition) is 5. The van der Waals surface area contributed by atoms with Crippen LogP contribution in [-0.2, 0) is 0 Å². The highest BCUT2D eigenvalue weighted by Gasteiger charge is 2.07. The molecule has 0 amide bonds. The van der Waals surface area contributed by atoms with Gasteiger partial charge in [-0.25, -0.2) is 4.39 Å². The molecule has 6 heteroatoms. The first-order chi connectivity index (χ1) is 8.58. The van der Waals surface area contributed by atoms with Gasteiger partial charge in [-0.1, -0.05) is 6.07 Å². The second-order valence-corrected chi connectivity index (χ2v) is 3.71. The number of aryl methyl sites for hydroxylation is 1. The molecule has 0 radical (unpaired) electrons. The number of nitrogen functional groups attached to an aromatic ring is 1. The summed E-state index contributed by atoms with van der Waals surface area (Å²) in [6.45, 7) is 1.82. The van der Waals surface area contributed by atoms with Gasteiger partial charge < -0.3 is 15.8 Å². The van der Waals surface area contributed by atoms with Crippen LogP contribution in [0.25, 0.3) is 0 Å². The molecule has 2 rings (SSSR count). The van der Waals surface area contributed by atoms with Gasteiger partial charge in [0.2, 0.25) is 11.8 Å². The molecule has 0 saturated carbocycles. The van der Waals surface area contributed by atoms with E-state index in [9.17, 15) is 4.39 Å². The van der Waals surface area contributed by atoms with E-state index in [1.165, 1.54) is 12.1 Å². The lowest BCUT2D eigenvalue weighted by atomic mass is 10.2. The molecular formula is C12H13FN4O. The Labute approximate surface area is 104 Å². The van der Waals surface area contributed by atoms with Crippen molar-refractivity contribution in [1.82, 2.24) is 9.97 Å². The third-order valence-corrected chi connectivity index (χ3v) is 2.34. The SMILES string of the molecule is CNc1cc(Oc2cc(F)ccc2C)nc(N)n1. The summed E-state index contributed by atoms with van der Waals surface area (Å²) in [4.78, 5) is 7.87. The van der Waals surface area contributed by atoms with Crippen LogP contribution in [0.3, 0.4) is 0 Å². The molecule has 1 heterocycles. The zero-order valence-electron chi connectivity index (χ0n) is 10.1. The maximum absolute atomic E-state index is 13.1. The van der Waals surface area contributed by atoms with Crippen LogP contribution < -0.4 is 15.8 Å². The van der Waals surface area contributed by atoms with Gasteiger partial charge in [0.1, 0.15) is 17.4 Å². The van der Waals surface area contributed by atoms with E-state index < -0.39 is 0 Å². The quantitative estimate of drug-likeness (QED) is 0.872. The third kappa shape index (κ3) is 2.65. The Morgan fingerprint density at radius 3 is 2.78 bits per heavy atom. The lowest BCUT2D eigenvalue weighted by Gasteiger charge is -2.09. The molecule has 0 fully saturated rings. The minimum absolute atomic E-state index is 0.0888. The summed E-state index contributed by atoms with van der Waals surface area (Å²) in [6, 6.07) is 5.89. The lowest BCUT2D eigenvalue weighted by Crippen LogP contribution is -2.01. The zero-order chi connectivity index (χ0) is 13.1. The predicted molar refractivity (Wildman–Crippen MR) is 67.2 cm³/mol. The highest BCUT2D eigenvalue weighted by molar-refractivity contribution is 5.44. The van der Waals surface area contributed by atoms with Crippen LogP contribution in [0.15, 0.2) is 24.3 Å². The second-order valence-electron chi connectivity index (χ2n) is 3.71. The van der Waals surface area contributed by atoms with Crippen molar-refractivity contribution in [1.29, 1.82) is 0 Å². The number of rotatable bonds is 3. The van der Waals surface area contributed by atoms with Gasteiger partial charge in [-0.15, -0.1) is 0 Å². The Morgan fingerprint density at radius 2 is 2.06 bits per heavy atom. The summed E-state index contributed by atoms with van der Waals surface area (Å²) in [5.41, 5.74) is 6.35. The molecule has 0 atom stereocenters. The first-order valence-corrected chi connectivity index (χ1v) is 5.35. The average molecular weight is 248 g/mol. The minimum Gasteiger partial charge on any atom is -0.438 e. The van der Waals surface area contributed by atoms with Gasteiger partial charge in [-0.3, -0.25) is 0 Å². The van der Waals surface area contributed by atoms with Crippen molar-refractivity contribution in [2.24, 2.45) is 0 Å². The lowest BCUT2D eigenvalue weighted by molar-refractivity contribution is 0.454. The van der Waals surface area contributed by atoms with Crippen molar-refractivity contribution in [2.75, 3.05) is 18.1 Å². The van der Waals surface area contributed by atoms with Crippen LogP contribution in [0.5, 0.6) is 11.6 Å². The van der Waals surface area contributed by atoms with Crippen molar-refractivity contribution in [3.05, 3.63) is 35.6 Å². The van der Waals surface area contributed by atoms with Crippen LogP contribution in [0.1, 0.15) is 5.56 Å². The summed E-state index contributed by atoms with van der Waals surface area (Å²) >= 11 is 0. The van der Waals surface area contributed by atoms with E-state index in [1.807, 2.05) is 6.92 Å². The van der Waals surface area contributed by atoms with E-state index >= 15 is 0 Å². The van der Waals surface area contributed by atoms with Gasteiger partial charge in [-0.2, -0.15) is 9.97 Å². The molecule has 1 aromatic heterocycles. The minimum atomic E-state index is -0.369. The Kier molecular flexibility index (Phi) is 3.27. The first kappa shape index (κ1) is 12.1. The van der Waals surface area contributed by atoms with Crippen molar-refractivity contribution >= 4 is 11.8 Å². The average Bonchev–Trinajstić information content (AvgIpc) is 2.33. The largest absolute Gasteiger partial charge is 0.438 e. The van der Waals surface area contributed by atoms with Gasteiger partial charge in [0, 0.05) is 19.2 Å². The van der Waals surface area contributed by atoms with Gasteiger partial charge >= 0.3 is 0 Å². The molecule has 0 aliphatic carbocycles. The maximum atomic E-state index is 13.1. The molecule has 94 valence electrons. The number of benzene rings is 1.